The lowest BCUT2D eigenvalue weighted by molar-refractivity contribution is 0.0687. The standard InChI is InChI=1S/C22H19ClN2O3/c1-4-18-20(24-2)19(21(22(26)27)25(18)3)14-9-11-16(12-10-14)28-13-15-7-5-6-8-17(15)23/h5-12H,4,13H2,1,3H3,(H,26,27). The fraction of sp³-hybridized carbons (Fsp3) is 0.182. The third kappa shape index (κ3) is 3.60. The third-order valence-corrected chi connectivity index (χ3v) is 5.00. The van der Waals surface area contributed by atoms with E-state index in [1.807, 2.05) is 31.2 Å². The number of hydrogen-bond donors (Lipinski definition) is 1. The van der Waals surface area contributed by atoms with Crippen molar-refractivity contribution < 1.29 is 14.6 Å². The molecule has 2 aromatic carbocycles. The molecule has 0 amide bonds. The summed E-state index contributed by atoms with van der Waals surface area (Å²) in [6.07, 6.45) is 0.577. The molecule has 0 atom stereocenters. The maximum absolute atomic E-state index is 11.8. The van der Waals surface area contributed by atoms with Crippen LogP contribution in [0, 0.1) is 6.57 Å². The van der Waals surface area contributed by atoms with Crippen molar-refractivity contribution in [2.45, 2.75) is 20.0 Å². The van der Waals surface area contributed by atoms with Gasteiger partial charge in [0.1, 0.15) is 18.1 Å². The van der Waals surface area contributed by atoms with Crippen molar-refractivity contribution in [3.63, 3.8) is 0 Å². The second kappa shape index (κ2) is 8.20. The Labute approximate surface area is 168 Å². The Morgan fingerprint density at radius 1 is 1.21 bits per heavy atom. The Bertz CT molecular complexity index is 1060. The zero-order valence-corrected chi connectivity index (χ0v) is 16.3. The number of benzene rings is 2. The molecular formula is C22H19ClN2O3. The van der Waals surface area contributed by atoms with E-state index < -0.39 is 5.97 Å². The Morgan fingerprint density at radius 3 is 2.46 bits per heavy atom. The van der Waals surface area contributed by atoms with Crippen molar-refractivity contribution in [3.8, 4) is 16.9 Å². The molecule has 0 aliphatic rings. The molecule has 6 heteroatoms. The van der Waals surface area contributed by atoms with Crippen LogP contribution in [-0.4, -0.2) is 15.6 Å². The van der Waals surface area contributed by atoms with Gasteiger partial charge in [-0.15, -0.1) is 0 Å². The van der Waals surface area contributed by atoms with Crippen LogP contribution in [0.2, 0.25) is 5.02 Å². The normalized spacial score (nSPS) is 10.5. The molecule has 5 nitrogen and oxygen atoms in total. The number of carboxylic acid groups (broad SMARTS) is 1. The van der Waals surface area contributed by atoms with Gasteiger partial charge in [-0.3, -0.25) is 0 Å². The highest BCUT2D eigenvalue weighted by Crippen LogP contribution is 2.39. The van der Waals surface area contributed by atoms with E-state index in [-0.39, 0.29) is 5.69 Å². The Morgan fingerprint density at radius 2 is 1.89 bits per heavy atom. The fourth-order valence-corrected chi connectivity index (χ4v) is 3.45. The second-order valence-electron chi connectivity index (χ2n) is 6.25. The SMILES string of the molecule is [C-]#[N+]c1c(-c2ccc(OCc3ccccc3Cl)cc2)c(C(=O)O)n(C)c1CC. The van der Waals surface area contributed by atoms with Gasteiger partial charge in [-0.05, 0) is 30.2 Å². The molecule has 0 aliphatic carbocycles. The maximum atomic E-state index is 11.8. The molecule has 0 fully saturated rings. The summed E-state index contributed by atoms with van der Waals surface area (Å²) in [6, 6.07) is 14.6. The zero-order chi connectivity index (χ0) is 20.3. The number of ether oxygens (including phenoxy) is 1. The predicted octanol–water partition coefficient (Wildman–Crippen LogP) is 5.74. The van der Waals surface area contributed by atoms with Gasteiger partial charge in [0.25, 0.3) is 0 Å². The number of carboxylic acids is 1. The molecule has 1 aromatic heterocycles. The van der Waals surface area contributed by atoms with Crippen molar-refractivity contribution >= 4 is 23.3 Å². The number of nitrogens with zero attached hydrogens (tertiary/aromatic N) is 2. The average molecular weight is 395 g/mol. The van der Waals surface area contributed by atoms with E-state index >= 15 is 0 Å². The summed E-state index contributed by atoms with van der Waals surface area (Å²) < 4.78 is 7.37. The summed E-state index contributed by atoms with van der Waals surface area (Å²) in [5, 5.41) is 10.3. The van der Waals surface area contributed by atoms with Crippen LogP contribution in [0.1, 0.15) is 28.7 Å². The van der Waals surface area contributed by atoms with Gasteiger partial charge < -0.3 is 14.4 Å². The third-order valence-electron chi connectivity index (χ3n) is 4.63. The lowest BCUT2D eigenvalue weighted by Crippen LogP contribution is -2.07. The van der Waals surface area contributed by atoms with Crippen molar-refractivity contribution in [1.29, 1.82) is 0 Å². The molecule has 3 rings (SSSR count). The van der Waals surface area contributed by atoms with Crippen molar-refractivity contribution in [2.24, 2.45) is 7.05 Å². The van der Waals surface area contributed by atoms with Gasteiger partial charge in [-0.2, -0.15) is 0 Å². The lowest BCUT2D eigenvalue weighted by atomic mass is 10.0. The minimum atomic E-state index is -1.05. The molecule has 0 unspecified atom stereocenters. The summed E-state index contributed by atoms with van der Waals surface area (Å²) in [6.45, 7) is 9.77. The number of halogens is 1. The fourth-order valence-electron chi connectivity index (χ4n) is 3.26. The van der Waals surface area contributed by atoms with Crippen LogP contribution in [0.5, 0.6) is 5.75 Å². The van der Waals surface area contributed by atoms with Gasteiger partial charge in [0.2, 0.25) is 5.69 Å². The largest absolute Gasteiger partial charge is 0.489 e. The number of carbonyl (C=O) groups is 1. The molecule has 0 spiro atoms. The molecule has 0 saturated carbocycles. The van der Waals surface area contributed by atoms with E-state index in [4.69, 9.17) is 22.9 Å². The first-order valence-electron chi connectivity index (χ1n) is 8.76. The minimum Gasteiger partial charge on any atom is -0.489 e. The monoisotopic (exact) mass is 394 g/mol. The van der Waals surface area contributed by atoms with Gasteiger partial charge in [0.15, 0.2) is 0 Å². The van der Waals surface area contributed by atoms with E-state index in [1.54, 1.807) is 35.9 Å². The van der Waals surface area contributed by atoms with Crippen molar-refractivity contribution in [1.82, 2.24) is 4.57 Å². The van der Waals surface area contributed by atoms with Crippen LogP contribution >= 0.6 is 11.6 Å². The van der Waals surface area contributed by atoms with E-state index in [9.17, 15) is 9.90 Å². The lowest BCUT2D eigenvalue weighted by Gasteiger charge is -2.09. The molecule has 3 aromatic rings. The molecule has 0 aliphatic heterocycles. The first kappa shape index (κ1) is 19.5. The smallest absolute Gasteiger partial charge is 0.351 e. The van der Waals surface area contributed by atoms with Crippen molar-refractivity contribution in [3.05, 3.63) is 81.9 Å². The molecular weight excluding hydrogens is 376 g/mol. The molecule has 28 heavy (non-hydrogen) atoms. The van der Waals surface area contributed by atoms with E-state index in [1.165, 1.54) is 0 Å². The van der Waals surface area contributed by atoms with Gasteiger partial charge in [-0.25, -0.2) is 9.64 Å². The summed E-state index contributed by atoms with van der Waals surface area (Å²) >= 11 is 6.14. The Hall–Kier alpha value is -3.23. The van der Waals surface area contributed by atoms with Crippen LogP contribution in [0.15, 0.2) is 48.5 Å². The van der Waals surface area contributed by atoms with Gasteiger partial charge in [-0.1, -0.05) is 48.9 Å². The average Bonchev–Trinajstić information content (AvgIpc) is 2.99. The van der Waals surface area contributed by atoms with Crippen molar-refractivity contribution in [2.75, 3.05) is 0 Å². The zero-order valence-electron chi connectivity index (χ0n) is 15.6. The summed E-state index contributed by atoms with van der Waals surface area (Å²) in [4.78, 5) is 15.4. The molecule has 0 radical (unpaired) electrons. The number of hydrogen-bond acceptors (Lipinski definition) is 2. The van der Waals surface area contributed by atoms with E-state index in [0.29, 0.717) is 46.3 Å². The highest BCUT2D eigenvalue weighted by molar-refractivity contribution is 6.31. The first-order chi connectivity index (χ1) is 13.5. The van der Waals surface area contributed by atoms with E-state index in [2.05, 4.69) is 4.85 Å². The second-order valence-corrected chi connectivity index (χ2v) is 6.66. The van der Waals surface area contributed by atoms with Gasteiger partial charge in [0.05, 0.1) is 6.57 Å². The summed E-state index contributed by atoms with van der Waals surface area (Å²) in [5.41, 5.74) is 3.21. The molecule has 0 bridgehead atoms. The minimum absolute atomic E-state index is 0.118. The van der Waals surface area contributed by atoms with Crippen LogP contribution in [0.25, 0.3) is 16.0 Å². The van der Waals surface area contributed by atoms with Crippen LogP contribution < -0.4 is 4.74 Å². The summed E-state index contributed by atoms with van der Waals surface area (Å²) in [5.74, 6) is -0.419. The number of aromatic carboxylic acids is 1. The quantitative estimate of drug-likeness (QED) is 0.542. The van der Waals surface area contributed by atoms with Crippen LogP contribution in [0.3, 0.4) is 0 Å². The van der Waals surface area contributed by atoms with Gasteiger partial charge >= 0.3 is 5.97 Å². The molecule has 0 saturated heterocycles. The highest BCUT2D eigenvalue weighted by Gasteiger charge is 2.25. The highest BCUT2D eigenvalue weighted by atomic mass is 35.5. The molecule has 142 valence electrons. The van der Waals surface area contributed by atoms with Crippen LogP contribution in [0.4, 0.5) is 5.69 Å². The molecule has 1 heterocycles. The van der Waals surface area contributed by atoms with Crippen LogP contribution in [-0.2, 0) is 20.1 Å². The predicted molar refractivity (Wildman–Crippen MR) is 109 cm³/mol. The topological polar surface area (TPSA) is 55.8 Å². The Balaban J connectivity index is 1.93. The molecule has 1 N–H and O–H groups in total. The number of aromatic nitrogens is 1. The van der Waals surface area contributed by atoms with Gasteiger partial charge in [0, 0.05) is 28.9 Å². The number of rotatable bonds is 6. The summed E-state index contributed by atoms with van der Waals surface area (Å²) in [7, 11) is 1.68. The maximum Gasteiger partial charge on any atom is 0.351 e. The van der Waals surface area contributed by atoms with E-state index in [0.717, 1.165) is 5.56 Å². The Kier molecular flexibility index (Phi) is 5.72. The first-order valence-corrected chi connectivity index (χ1v) is 9.14.